The number of nitrogens with two attached hydrogens (primary N) is 4. The Bertz CT molecular complexity index is 7080. The second kappa shape index (κ2) is 46.3. The zero-order valence-corrected chi connectivity index (χ0v) is 77.1. The minimum atomic E-state index is -0.364. The van der Waals surface area contributed by atoms with E-state index in [-0.39, 0.29) is 35.4 Å². The van der Waals surface area contributed by atoms with E-state index in [1.54, 1.807) is 122 Å². The summed E-state index contributed by atoms with van der Waals surface area (Å²) >= 11 is 6.08. The molecule has 16 aromatic rings. The number of allylic oxidation sites excluding steroid dienone is 1. The Balaban J connectivity index is 0.000000155. The second-order valence-electron chi connectivity index (χ2n) is 31.9. The maximum absolute atomic E-state index is 13.0. The average Bonchev–Trinajstić information content (AvgIpc) is 0.855. The lowest BCUT2D eigenvalue weighted by Gasteiger charge is -2.13. The van der Waals surface area contributed by atoms with Crippen molar-refractivity contribution in [2.24, 2.45) is 0 Å². The molecule has 0 atom stereocenters. The summed E-state index contributed by atoms with van der Waals surface area (Å²) < 4.78 is 10.5. The lowest BCUT2D eigenvalue weighted by molar-refractivity contribution is 0.101. The molecule has 0 bridgehead atoms. The first-order chi connectivity index (χ1) is 66.1. The predicted molar refractivity (Wildman–Crippen MR) is 546 cm³/mol. The van der Waals surface area contributed by atoms with E-state index >= 15 is 0 Å². The number of aryl methyl sites for hydroxylation is 4. The number of nitrogen functional groups attached to an aromatic ring is 4. The van der Waals surface area contributed by atoms with Crippen molar-refractivity contribution >= 4 is 132 Å². The molecule has 4 heterocycles. The molecule has 0 aliphatic heterocycles. The minimum absolute atomic E-state index is 0.208. The molecule has 0 saturated heterocycles. The maximum Gasteiger partial charge on any atom is 0.256 e. The van der Waals surface area contributed by atoms with Crippen LogP contribution in [0.3, 0.4) is 0 Å². The Kier molecular flexibility index (Phi) is 32.7. The Hall–Kier alpha value is -17.8. The number of carbonyl (C=O) groups excluding carboxylic acids is 6. The van der Waals surface area contributed by atoms with Gasteiger partial charge in [0, 0.05) is 127 Å². The van der Waals surface area contributed by atoms with Crippen molar-refractivity contribution in [2.75, 3.05) is 79.7 Å². The molecule has 688 valence electrons. The molecule has 4 aromatic heterocycles. The monoisotopic (exact) mass is 1840 g/mol. The summed E-state index contributed by atoms with van der Waals surface area (Å²) in [5.41, 5.74) is 43.3. The third-order valence-electron chi connectivity index (χ3n) is 21.4. The highest BCUT2D eigenvalue weighted by Crippen LogP contribution is 2.30. The van der Waals surface area contributed by atoms with Crippen LogP contribution in [0.1, 0.15) is 149 Å². The molecule has 29 heteroatoms. The van der Waals surface area contributed by atoms with E-state index in [1.807, 2.05) is 217 Å². The number of rotatable bonds is 28. The molecule has 0 aliphatic rings. The van der Waals surface area contributed by atoms with Crippen LogP contribution in [0.15, 0.2) is 323 Å². The van der Waals surface area contributed by atoms with Crippen LogP contribution in [0.2, 0.25) is 5.02 Å². The molecule has 0 radical (unpaired) electrons. The van der Waals surface area contributed by atoms with Crippen molar-refractivity contribution in [3.05, 3.63) is 435 Å². The molecule has 16 rings (SSSR count). The van der Waals surface area contributed by atoms with Gasteiger partial charge in [0.15, 0.2) is 0 Å². The van der Waals surface area contributed by atoms with Gasteiger partial charge in [0.2, 0.25) is 0 Å². The summed E-state index contributed by atoms with van der Waals surface area (Å²) in [6, 6.07) is 77.6. The average molecular weight is 1840 g/mol. The van der Waals surface area contributed by atoms with Crippen molar-refractivity contribution in [3.8, 4) is 11.5 Å². The zero-order chi connectivity index (χ0) is 97.0. The molecule has 0 saturated carbocycles. The third-order valence-corrected chi connectivity index (χ3v) is 21.6. The summed E-state index contributed by atoms with van der Waals surface area (Å²) in [6.07, 6.45) is 15.7. The van der Waals surface area contributed by atoms with E-state index in [2.05, 4.69) is 95.6 Å². The van der Waals surface area contributed by atoms with Crippen LogP contribution in [0, 0.1) is 27.7 Å². The summed E-state index contributed by atoms with van der Waals surface area (Å²) in [4.78, 5) is 112. The van der Waals surface area contributed by atoms with Gasteiger partial charge < -0.3 is 74.9 Å². The molecule has 28 nitrogen and oxygen atoms in total. The number of ether oxygens (including phenoxy) is 2. The van der Waals surface area contributed by atoms with E-state index < -0.39 is 0 Å². The van der Waals surface area contributed by atoms with Crippen LogP contribution in [-0.2, 0) is 25.7 Å². The van der Waals surface area contributed by atoms with Gasteiger partial charge in [-0.15, -0.1) is 0 Å². The van der Waals surface area contributed by atoms with Gasteiger partial charge in [-0.25, -0.2) is 39.9 Å². The fourth-order valence-electron chi connectivity index (χ4n) is 14.0. The Labute approximate surface area is 798 Å². The topological polar surface area (TPSA) is 424 Å². The standard InChI is InChI=1S/C30H25N5O2.C28H27N5O4.C27H24ClN5O.C23H25N5O/c1-19-9-12-25(34-29(36)23-11-10-21-6-2-3-7-22(21)15-23)16-27(19)30(37)35-26-17-32-28(33-18-26)14-20-5-4-8-24(31)13-20;1-17-7-8-21(32-27(34)19-11-23(36-2)14-24(12-19)37-3)13-25(17)28(35)33-22-15-30-26(31-16-22)10-18-5-4-6-20(29)9-18;1-17-9-10-23(32-18(2)20-6-4-7-21(28)13-20)14-25(17)27(34)33-24-15-30-26(31-16-24)12-19-5-3-8-22(29)11-19;1-4-16(3)27-19-9-8-15(2)21(12-19)23(29)28-20-13-25-22(26-14-20)11-17-6-5-7-18(24)10-17/h2-13,15-18H,14,31H2,1H3,(H,34,36)(H,35,37);4-9,11-16H,10,29H2,1-3H3,(H,32,34)(H,33,35);3-11,13-16,32H,2,12,29H2,1H3,(H,33,34);5-10,12-14,27H,3-4,11,24H2,1-2H3,(H,28,29). The van der Waals surface area contributed by atoms with Crippen molar-refractivity contribution in [3.63, 3.8) is 0 Å². The first-order valence-electron chi connectivity index (χ1n) is 43.4. The maximum atomic E-state index is 13.0. The molecule has 0 unspecified atom stereocenters. The number of nitrogens with zero attached hydrogens (tertiary/aromatic N) is 8. The zero-order valence-electron chi connectivity index (χ0n) is 76.3. The number of halogens is 1. The number of carbonyl (C=O) groups is 6. The fraction of sp³-hybridized carbons (Fsp3) is 0.111. The van der Waals surface area contributed by atoms with Crippen molar-refractivity contribution in [1.82, 2.24) is 39.9 Å². The van der Waals surface area contributed by atoms with Crippen LogP contribution < -0.4 is 74.9 Å². The first-order valence-corrected chi connectivity index (χ1v) is 43.8. The number of hydrogen-bond donors (Lipinski definition) is 12. The number of aromatic nitrogens is 8. The van der Waals surface area contributed by atoms with Gasteiger partial charge in [-0.1, -0.05) is 147 Å². The molecule has 16 N–H and O–H groups in total. The van der Waals surface area contributed by atoms with Gasteiger partial charge >= 0.3 is 0 Å². The molecule has 0 fully saturated rings. The Morgan fingerprint density at radius 2 is 0.613 bits per heavy atom. The molecular weight excluding hydrogens is 1740 g/mol. The van der Waals surface area contributed by atoms with Gasteiger partial charge in [-0.3, -0.25) is 28.8 Å². The number of anilines is 12. The van der Waals surface area contributed by atoms with Crippen LogP contribution in [0.25, 0.3) is 16.5 Å². The smallest absolute Gasteiger partial charge is 0.256 e. The van der Waals surface area contributed by atoms with Crippen LogP contribution in [-0.4, -0.2) is 89.5 Å². The van der Waals surface area contributed by atoms with Gasteiger partial charge in [0.05, 0.1) is 86.5 Å². The van der Waals surface area contributed by atoms with E-state index in [0.29, 0.717) is 161 Å². The SMILES string of the molecule is C=C(CC)Nc1ccc(C)c(C(=O)Nc2cnc(Cc3cccc(N)c3)nc2)c1.C=C(Nc1ccc(C)c(C(=O)Nc2cnc(Cc3cccc(N)c3)nc2)c1)c1cccc(Cl)c1.COc1cc(OC)cc(C(=O)Nc2ccc(C)c(C(=O)Nc3cnc(Cc4cccc(N)c4)nc3)c2)c1.Cc1ccc(NC(=O)c2ccc3ccccc3c2)cc1C(=O)Nc1cnc(Cc2cccc(N)c2)nc1. The summed E-state index contributed by atoms with van der Waals surface area (Å²) in [6.45, 7) is 17.5. The highest BCUT2D eigenvalue weighted by atomic mass is 35.5. The van der Waals surface area contributed by atoms with Crippen LogP contribution >= 0.6 is 11.6 Å². The highest BCUT2D eigenvalue weighted by molar-refractivity contribution is 6.30. The molecule has 6 amide bonds. The number of benzene rings is 12. The Morgan fingerprint density at radius 3 is 0.942 bits per heavy atom. The van der Waals surface area contributed by atoms with E-state index in [9.17, 15) is 28.8 Å². The number of methoxy groups -OCH3 is 2. The molecule has 0 aliphatic carbocycles. The van der Waals surface area contributed by atoms with Crippen LogP contribution in [0.4, 0.5) is 68.2 Å². The van der Waals surface area contributed by atoms with Gasteiger partial charge in [-0.05, 0) is 228 Å². The summed E-state index contributed by atoms with van der Waals surface area (Å²) in [5, 5.41) is 26.2. The van der Waals surface area contributed by atoms with Crippen molar-refractivity contribution in [2.45, 2.75) is 66.7 Å². The largest absolute Gasteiger partial charge is 0.497 e. The number of fused-ring (bicyclic) bond motifs is 1. The minimum Gasteiger partial charge on any atom is -0.497 e. The predicted octanol–water partition coefficient (Wildman–Crippen LogP) is 20.6. The fourth-order valence-corrected chi connectivity index (χ4v) is 14.2. The van der Waals surface area contributed by atoms with Gasteiger partial charge in [0.25, 0.3) is 35.4 Å². The molecule has 12 aromatic carbocycles. The molecule has 137 heavy (non-hydrogen) atoms. The normalized spacial score (nSPS) is 10.5. The third kappa shape index (κ3) is 28.1. The Morgan fingerprint density at radius 1 is 0.299 bits per heavy atom. The lowest BCUT2D eigenvalue weighted by Crippen LogP contribution is -2.16. The summed E-state index contributed by atoms with van der Waals surface area (Å²) in [5.74, 6) is 1.81. The van der Waals surface area contributed by atoms with Crippen molar-refractivity contribution < 1.29 is 38.2 Å². The van der Waals surface area contributed by atoms with E-state index in [4.69, 9.17) is 44.0 Å². The van der Waals surface area contributed by atoms with Crippen molar-refractivity contribution in [1.29, 1.82) is 0 Å². The second-order valence-corrected chi connectivity index (χ2v) is 32.4. The lowest BCUT2D eigenvalue weighted by atomic mass is 10.1. The highest BCUT2D eigenvalue weighted by Gasteiger charge is 2.20. The summed E-state index contributed by atoms with van der Waals surface area (Å²) in [7, 11) is 3.03. The van der Waals surface area contributed by atoms with E-state index in [0.717, 1.165) is 84.3 Å². The molecular formula is C108H101ClN20O8. The van der Waals surface area contributed by atoms with E-state index in [1.165, 1.54) is 14.2 Å². The van der Waals surface area contributed by atoms with Gasteiger partial charge in [0.1, 0.15) is 34.8 Å². The number of hydrogen-bond acceptors (Lipinski definition) is 22. The quantitative estimate of drug-likeness (QED) is 0.0203. The first kappa shape index (κ1) is 96.8. The number of amides is 6. The molecule has 0 spiro atoms. The number of nitrogens with one attached hydrogen (secondary N) is 8. The van der Waals surface area contributed by atoms with Gasteiger partial charge in [-0.2, -0.15) is 0 Å². The van der Waals surface area contributed by atoms with Crippen LogP contribution in [0.5, 0.6) is 11.5 Å².